The number of amides is 1. The van der Waals surface area contributed by atoms with Gasteiger partial charge < -0.3 is 0 Å². The maximum absolute atomic E-state index is 12.8. The maximum atomic E-state index is 12.8. The molecule has 148 valence electrons. The molecule has 7 heteroatoms. The van der Waals surface area contributed by atoms with E-state index in [1.165, 1.54) is 5.56 Å². The third-order valence-electron chi connectivity index (χ3n) is 4.98. The number of nitrogens with zero attached hydrogens (tertiary/aromatic N) is 5. The van der Waals surface area contributed by atoms with Crippen LogP contribution < -0.4 is 5.30 Å². The summed E-state index contributed by atoms with van der Waals surface area (Å²) in [4.78, 5) is 14.5. The Kier molecular flexibility index (Phi) is 5.54. The zero-order chi connectivity index (χ0) is 20.4. The lowest BCUT2D eigenvalue weighted by atomic mass is 10.0. The largest absolute Gasteiger partial charge is 0.273 e. The molecule has 1 aromatic heterocycles. The van der Waals surface area contributed by atoms with Gasteiger partial charge in [0.25, 0.3) is 0 Å². The fourth-order valence-electron chi connectivity index (χ4n) is 3.62. The van der Waals surface area contributed by atoms with Crippen molar-refractivity contribution in [1.29, 1.82) is 0 Å². The van der Waals surface area contributed by atoms with E-state index in [9.17, 15) is 4.79 Å². The quantitative estimate of drug-likeness (QED) is 0.466. The van der Waals surface area contributed by atoms with E-state index in [0.29, 0.717) is 19.4 Å². The lowest BCUT2D eigenvalue weighted by Crippen LogP contribution is -2.27. The van der Waals surface area contributed by atoms with E-state index >= 15 is 0 Å². The van der Waals surface area contributed by atoms with Crippen molar-refractivity contribution in [2.75, 3.05) is 0 Å². The first-order chi connectivity index (χ1) is 14.0. The van der Waals surface area contributed by atoms with Gasteiger partial charge in [-0.05, 0) is 42.4 Å². The predicted molar refractivity (Wildman–Crippen MR) is 119 cm³/mol. The molecule has 1 aliphatic heterocycles. The number of benzene rings is 2. The smallest absolute Gasteiger partial charge is 0.243 e. The summed E-state index contributed by atoms with van der Waals surface area (Å²) in [5.41, 5.74) is 4.93. The number of aryl methyl sites for hydroxylation is 1. The van der Waals surface area contributed by atoms with Crippen molar-refractivity contribution >= 4 is 37.7 Å². The Bertz CT molecular complexity index is 1050. The molecule has 0 saturated heterocycles. The lowest BCUT2D eigenvalue weighted by molar-refractivity contribution is -0.133. The van der Waals surface area contributed by atoms with Crippen LogP contribution in [0.15, 0.2) is 59.7 Å². The van der Waals surface area contributed by atoms with Crippen LogP contribution in [0.3, 0.4) is 0 Å². The van der Waals surface area contributed by atoms with Crippen LogP contribution in [-0.2, 0) is 11.3 Å². The number of carbonyl (C=O) groups is 1. The Labute approximate surface area is 172 Å². The molecule has 29 heavy (non-hydrogen) atoms. The summed E-state index contributed by atoms with van der Waals surface area (Å²) in [6, 6.07) is 14.0. The van der Waals surface area contributed by atoms with E-state index in [0.717, 1.165) is 33.9 Å². The highest BCUT2D eigenvalue weighted by molar-refractivity contribution is 7.27. The molecule has 0 bridgehead atoms. The molecule has 0 N–H and O–H groups in total. The van der Waals surface area contributed by atoms with Crippen LogP contribution in [0.2, 0.25) is 0 Å². The molecular formula is C22H24N5OP. The first-order valence-electron chi connectivity index (χ1n) is 9.68. The summed E-state index contributed by atoms with van der Waals surface area (Å²) in [5.74, 6) is 0.00954. The zero-order valence-corrected chi connectivity index (χ0v) is 17.6. The van der Waals surface area contributed by atoms with Crippen molar-refractivity contribution < 1.29 is 4.79 Å². The number of hydrogen-bond donors (Lipinski definition) is 0. The van der Waals surface area contributed by atoms with Gasteiger partial charge in [-0.25, -0.2) is 5.01 Å². The van der Waals surface area contributed by atoms with Crippen LogP contribution in [0.4, 0.5) is 0 Å². The van der Waals surface area contributed by atoms with Gasteiger partial charge in [0.1, 0.15) is 11.0 Å². The number of hydrazone groups is 1. The van der Waals surface area contributed by atoms with Crippen LogP contribution >= 0.6 is 9.24 Å². The standard InChI is InChI=1S/C22H24N5OP/c1-15(14-26-24-19-5-3-4-6-20(19)25-26)7-8-22(28)27-21(9-10-23-27)17-11-16(2)12-18(29)13-17/h3-6,10-13,21H,1,7-9,14,29H2,2H3. The van der Waals surface area contributed by atoms with Crippen LogP contribution in [-0.4, -0.2) is 32.1 Å². The van der Waals surface area contributed by atoms with Gasteiger partial charge >= 0.3 is 0 Å². The average Bonchev–Trinajstić information content (AvgIpc) is 3.31. The van der Waals surface area contributed by atoms with Gasteiger partial charge in [-0.2, -0.15) is 20.1 Å². The second-order valence-corrected chi connectivity index (χ2v) is 8.10. The summed E-state index contributed by atoms with van der Waals surface area (Å²) in [5, 5.41) is 16.0. The second kappa shape index (κ2) is 8.26. The van der Waals surface area contributed by atoms with Crippen molar-refractivity contribution in [3.05, 3.63) is 65.7 Å². The molecule has 0 saturated carbocycles. The average molecular weight is 405 g/mol. The van der Waals surface area contributed by atoms with E-state index in [1.807, 2.05) is 30.5 Å². The van der Waals surface area contributed by atoms with Gasteiger partial charge in [0.15, 0.2) is 0 Å². The summed E-state index contributed by atoms with van der Waals surface area (Å²) >= 11 is 0. The fourth-order valence-corrected chi connectivity index (χ4v) is 4.07. The highest BCUT2D eigenvalue weighted by Gasteiger charge is 2.28. The Hall–Kier alpha value is -2.85. The van der Waals surface area contributed by atoms with Crippen molar-refractivity contribution in [2.45, 2.75) is 38.8 Å². The molecule has 1 amide bonds. The molecule has 2 heterocycles. The van der Waals surface area contributed by atoms with Gasteiger partial charge in [-0.3, -0.25) is 4.79 Å². The van der Waals surface area contributed by atoms with Crippen molar-refractivity contribution in [2.24, 2.45) is 5.10 Å². The minimum absolute atomic E-state index is 0.00954. The van der Waals surface area contributed by atoms with E-state index in [2.05, 4.69) is 56.2 Å². The molecule has 2 aromatic carbocycles. The summed E-state index contributed by atoms with van der Waals surface area (Å²) in [7, 11) is 2.73. The maximum Gasteiger partial charge on any atom is 0.243 e. The minimum atomic E-state index is -0.0342. The summed E-state index contributed by atoms with van der Waals surface area (Å²) < 4.78 is 0. The zero-order valence-electron chi connectivity index (χ0n) is 16.5. The molecule has 2 atom stereocenters. The second-order valence-electron chi connectivity index (χ2n) is 7.43. The Morgan fingerprint density at radius 3 is 2.59 bits per heavy atom. The molecule has 0 radical (unpaired) electrons. The Morgan fingerprint density at radius 1 is 1.17 bits per heavy atom. The first-order valence-corrected chi connectivity index (χ1v) is 10.3. The van der Waals surface area contributed by atoms with Gasteiger partial charge in [-0.15, -0.1) is 9.24 Å². The summed E-state index contributed by atoms with van der Waals surface area (Å²) in [6.45, 7) is 6.67. The third-order valence-corrected chi connectivity index (χ3v) is 5.31. The molecule has 6 nitrogen and oxygen atoms in total. The molecular weight excluding hydrogens is 381 g/mol. The minimum Gasteiger partial charge on any atom is -0.273 e. The molecule has 0 spiro atoms. The van der Waals surface area contributed by atoms with E-state index in [-0.39, 0.29) is 11.9 Å². The molecule has 3 aromatic rings. The fraction of sp³-hybridized carbons (Fsp3) is 0.273. The number of allylic oxidation sites excluding steroid dienone is 1. The van der Waals surface area contributed by atoms with Crippen molar-refractivity contribution in [3.8, 4) is 0 Å². The first kappa shape index (κ1) is 19.5. The number of hydrogen-bond acceptors (Lipinski definition) is 4. The highest BCUT2D eigenvalue weighted by atomic mass is 31.0. The number of aromatic nitrogens is 3. The highest BCUT2D eigenvalue weighted by Crippen LogP contribution is 2.29. The number of carbonyl (C=O) groups excluding carboxylic acids is 1. The molecule has 4 rings (SSSR count). The Morgan fingerprint density at radius 2 is 1.90 bits per heavy atom. The summed E-state index contributed by atoms with van der Waals surface area (Å²) in [6.07, 6.45) is 3.51. The molecule has 0 aliphatic carbocycles. The van der Waals surface area contributed by atoms with Crippen molar-refractivity contribution in [1.82, 2.24) is 20.0 Å². The van der Waals surface area contributed by atoms with Gasteiger partial charge in [-0.1, -0.05) is 42.0 Å². The van der Waals surface area contributed by atoms with E-state index in [4.69, 9.17) is 0 Å². The van der Waals surface area contributed by atoms with Gasteiger partial charge in [0.2, 0.25) is 5.91 Å². The molecule has 1 aliphatic rings. The monoisotopic (exact) mass is 405 g/mol. The van der Waals surface area contributed by atoms with Crippen LogP contribution in [0.25, 0.3) is 11.0 Å². The lowest BCUT2D eigenvalue weighted by Gasteiger charge is -2.23. The predicted octanol–water partition coefficient (Wildman–Crippen LogP) is 3.54. The molecule has 0 fully saturated rings. The molecule has 2 unspecified atom stereocenters. The van der Waals surface area contributed by atoms with Gasteiger partial charge in [0.05, 0.1) is 12.6 Å². The number of fused-ring (bicyclic) bond motifs is 1. The SMILES string of the molecule is C=C(CCC(=O)N1N=CCC1c1cc(C)cc(P)c1)Cn1nc2ccccc2n1. The number of rotatable bonds is 6. The van der Waals surface area contributed by atoms with Crippen LogP contribution in [0.1, 0.15) is 36.4 Å². The topological polar surface area (TPSA) is 63.4 Å². The normalized spacial score (nSPS) is 15.9. The Balaban J connectivity index is 1.36. The van der Waals surface area contributed by atoms with E-state index < -0.39 is 0 Å². The third kappa shape index (κ3) is 4.43. The van der Waals surface area contributed by atoms with Crippen LogP contribution in [0.5, 0.6) is 0 Å². The van der Waals surface area contributed by atoms with E-state index in [1.54, 1.807) is 9.81 Å². The van der Waals surface area contributed by atoms with Crippen LogP contribution in [0, 0.1) is 6.92 Å². The van der Waals surface area contributed by atoms with Gasteiger partial charge in [0, 0.05) is 19.1 Å². The van der Waals surface area contributed by atoms with Crippen molar-refractivity contribution in [3.63, 3.8) is 0 Å².